The molecule has 2 aromatic rings. The van der Waals surface area contributed by atoms with Gasteiger partial charge >= 0.3 is 0 Å². The second-order valence-electron chi connectivity index (χ2n) is 2.17. The Morgan fingerprint density at radius 1 is 1.45 bits per heavy atom. The number of aromatic nitrogens is 3. The van der Waals surface area contributed by atoms with E-state index in [2.05, 4.69) is 9.97 Å². The van der Waals surface area contributed by atoms with E-state index in [1.165, 1.54) is 12.5 Å². The highest BCUT2D eigenvalue weighted by Crippen LogP contribution is 2.03. The number of hydrogen-bond donors (Lipinski definition) is 0. The third-order valence-electron chi connectivity index (χ3n) is 1.40. The lowest BCUT2D eigenvalue weighted by molar-refractivity contribution is -0.607. The van der Waals surface area contributed by atoms with Crippen LogP contribution in [-0.4, -0.2) is 9.97 Å². The van der Waals surface area contributed by atoms with Crippen LogP contribution < -0.4 is 4.73 Å². The SMILES string of the molecule is [O-][n+]1cnc2ccncc2c1. The van der Waals surface area contributed by atoms with Crippen molar-refractivity contribution in [1.82, 2.24) is 9.97 Å². The summed E-state index contributed by atoms with van der Waals surface area (Å²) >= 11 is 0. The molecule has 0 saturated carbocycles. The van der Waals surface area contributed by atoms with Gasteiger partial charge in [-0.15, -0.1) is 0 Å². The molecule has 2 aromatic heterocycles. The minimum absolute atomic E-state index is 0.657. The van der Waals surface area contributed by atoms with Gasteiger partial charge in [0, 0.05) is 18.5 Å². The Morgan fingerprint density at radius 3 is 3.27 bits per heavy atom. The van der Waals surface area contributed by atoms with E-state index in [1.54, 1.807) is 18.5 Å². The average Bonchev–Trinajstić information content (AvgIpc) is 2.04. The lowest BCUT2D eigenvalue weighted by Gasteiger charge is -1.97. The standard InChI is InChI=1S/C7H5N3O/c11-10-4-6-3-8-2-1-7(6)9-5-10/h1-5H. The van der Waals surface area contributed by atoms with Gasteiger partial charge in [0.1, 0.15) is 6.20 Å². The Kier molecular flexibility index (Phi) is 1.18. The Hall–Kier alpha value is -1.71. The Labute approximate surface area is 62.7 Å². The summed E-state index contributed by atoms with van der Waals surface area (Å²) in [4.78, 5) is 7.75. The molecule has 2 rings (SSSR count). The van der Waals surface area contributed by atoms with Crippen LogP contribution in [-0.2, 0) is 0 Å². The van der Waals surface area contributed by atoms with Crippen molar-refractivity contribution in [1.29, 1.82) is 0 Å². The fourth-order valence-electron chi connectivity index (χ4n) is 0.906. The molecule has 0 radical (unpaired) electrons. The van der Waals surface area contributed by atoms with Crippen molar-refractivity contribution in [3.05, 3.63) is 36.2 Å². The fourth-order valence-corrected chi connectivity index (χ4v) is 0.906. The summed E-state index contributed by atoms with van der Waals surface area (Å²) in [6.07, 6.45) is 5.92. The van der Waals surface area contributed by atoms with Crippen molar-refractivity contribution in [2.24, 2.45) is 0 Å². The topological polar surface area (TPSA) is 52.7 Å². The zero-order chi connectivity index (χ0) is 7.68. The molecule has 0 amide bonds. The van der Waals surface area contributed by atoms with Crippen LogP contribution in [0.15, 0.2) is 31.0 Å². The van der Waals surface area contributed by atoms with E-state index < -0.39 is 0 Å². The molecule has 0 saturated heterocycles. The highest BCUT2D eigenvalue weighted by atomic mass is 16.5. The van der Waals surface area contributed by atoms with Crippen LogP contribution in [0.4, 0.5) is 0 Å². The molecule has 0 N–H and O–H groups in total. The van der Waals surface area contributed by atoms with E-state index in [1.807, 2.05) is 0 Å². The van der Waals surface area contributed by atoms with Gasteiger partial charge in [0.05, 0.1) is 5.39 Å². The minimum Gasteiger partial charge on any atom is -0.711 e. The van der Waals surface area contributed by atoms with Crippen molar-refractivity contribution in [3.63, 3.8) is 0 Å². The van der Waals surface area contributed by atoms with Gasteiger partial charge in [-0.25, -0.2) is 4.73 Å². The van der Waals surface area contributed by atoms with E-state index in [0.29, 0.717) is 4.73 Å². The number of hydrogen-bond acceptors (Lipinski definition) is 3. The van der Waals surface area contributed by atoms with E-state index in [9.17, 15) is 5.21 Å². The molecule has 11 heavy (non-hydrogen) atoms. The minimum atomic E-state index is 0.657. The van der Waals surface area contributed by atoms with Crippen molar-refractivity contribution in [3.8, 4) is 0 Å². The highest BCUT2D eigenvalue weighted by Gasteiger charge is 1.97. The van der Waals surface area contributed by atoms with Crippen LogP contribution in [0.5, 0.6) is 0 Å². The Bertz CT molecular complexity index is 388. The molecule has 0 aromatic carbocycles. The summed E-state index contributed by atoms with van der Waals surface area (Å²) in [7, 11) is 0. The van der Waals surface area contributed by atoms with Crippen molar-refractivity contribution in [2.45, 2.75) is 0 Å². The first kappa shape index (κ1) is 6.03. The van der Waals surface area contributed by atoms with Crippen molar-refractivity contribution in [2.75, 3.05) is 0 Å². The Balaban J connectivity index is 2.83. The van der Waals surface area contributed by atoms with Crippen LogP contribution in [0, 0.1) is 5.21 Å². The molecule has 0 aliphatic heterocycles. The largest absolute Gasteiger partial charge is 0.711 e. The van der Waals surface area contributed by atoms with Crippen molar-refractivity contribution < 1.29 is 4.73 Å². The molecule has 0 fully saturated rings. The fraction of sp³-hybridized carbons (Fsp3) is 0. The van der Waals surface area contributed by atoms with Gasteiger partial charge in [-0.2, -0.15) is 0 Å². The van der Waals surface area contributed by atoms with Gasteiger partial charge in [0.15, 0.2) is 5.52 Å². The van der Waals surface area contributed by atoms with Gasteiger partial charge in [-0.3, -0.25) is 4.98 Å². The summed E-state index contributed by atoms with van der Waals surface area (Å²) in [5.74, 6) is 0. The van der Waals surface area contributed by atoms with Crippen LogP contribution in [0.1, 0.15) is 0 Å². The number of nitrogens with zero attached hydrogens (tertiary/aromatic N) is 3. The van der Waals surface area contributed by atoms with E-state index in [0.717, 1.165) is 10.9 Å². The zero-order valence-electron chi connectivity index (χ0n) is 5.64. The highest BCUT2D eigenvalue weighted by molar-refractivity contribution is 5.74. The molecule has 0 unspecified atom stereocenters. The van der Waals surface area contributed by atoms with E-state index >= 15 is 0 Å². The summed E-state index contributed by atoms with van der Waals surface area (Å²) in [5.41, 5.74) is 0.784. The predicted octanol–water partition coefficient (Wildman–Crippen LogP) is 0.263. The molecule has 4 nitrogen and oxygen atoms in total. The van der Waals surface area contributed by atoms with Gasteiger partial charge in [-0.1, -0.05) is 0 Å². The predicted molar refractivity (Wildman–Crippen MR) is 38.5 cm³/mol. The number of pyridine rings is 1. The normalized spacial score (nSPS) is 10.2. The smallest absolute Gasteiger partial charge is 0.289 e. The van der Waals surface area contributed by atoms with Crippen LogP contribution in [0.2, 0.25) is 0 Å². The third-order valence-corrected chi connectivity index (χ3v) is 1.40. The molecular weight excluding hydrogens is 142 g/mol. The number of fused-ring (bicyclic) bond motifs is 1. The molecule has 2 heterocycles. The monoisotopic (exact) mass is 147 g/mol. The van der Waals surface area contributed by atoms with Gasteiger partial charge in [0.2, 0.25) is 0 Å². The lowest BCUT2D eigenvalue weighted by Crippen LogP contribution is -2.24. The first-order valence-electron chi connectivity index (χ1n) is 3.15. The molecule has 0 atom stereocenters. The maximum atomic E-state index is 10.7. The summed E-state index contributed by atoms with van der Waals surface area (Å²) in [6.45, 7) is 0. The second-order valence-corrected chi connectivity index (χ2v) is 2.17. The zero-order valence-corrected chi connectivity index (χ0v) is 5.64. The van der Waals surface area contributed by atoms with Crippen molar-refractivity contribution >= 4 is 10.9 Å². The maximum Gasteiger partial charge on any atom is 0.289 e. The summed E-state index contributed by atoms with van der Waals surface area (Å²) in [5, 5.41) is 11.5. The molecule has 0 aliphatic carbocycles. The molecule has 54 valence electrons. The van der Waals surface area contributed by atoms with E-state index in [-0.39, 0.29) is 0 Å². The van der Waals surface area contributed by atoms with Gasteiger partial charge < -0.3 is 5.21 Å². The molecule has 4 heteroatoms. The molecule has 0 bridgehead atoms. The summed E-state index contributed by atoms with van der Waals surface area (Å²) < 4.78 is 0.657. The second kappa shape index (κ2) is 2.16. The third kappa shape index (κ3) is 0.980. The first-order chi connectivity index (χ1) is 5.36. The summed E-state index contributed by atoms with van der Waals surface area (Å²) in [6, 6.07) is 1.76. The van der Waals surface area contributed by atoms with Gasteiger partial charge in [-0.05, 0) is 4.98 Å². The van der Waals surface area contributed by atoms with Crippen LogP contribution in [0.25, 0.3) is 10.9 Å². The number of rotatable bonds is 0. The van der Waals surface area contributed by atoms with Gasteiger partial charge in [0.25, 0.3) is 6.33 Å². The molecule has 0 aliphatic rings. The Morgan fingerprint density at radius 2 is 2.36 bits per heavy atom. The first-order valence-corrected chi connectivity index (χ1v) is 3.15. The van der Waals surface area contributed by atoms with Crippen LogP contribution >= 0.6 is 0 Å². The average molecular weight is 147 g/mol. The lowest BCUT2D eigenvalue weighted by atomic mass is 10.3. The maximum absolute atomic E-state index is 10.7. The quantitative estimate of drug-likeness (QED) is 0.397. The van der Waals surface area contributed by atoms with E-state index in [4.69, 9.17) is 0 Å². The van der Waals surface area contributed by atoms with Crippen LogP contribution in [0.3, 0.4) is 0 Å². The molecular formula is C7H5N3O. The molecule has 0 spiro atoms.